The van der Waals surface area contributed by atoms with E-state index in [2.05, 4.69) is 25.8 Å². The number of hydrogen-bond acceptors (Lipinski definition) is 6. The second-order valence-electron chi connectivity index (χ2n) is 6.37. The van der Waals surface area contributed by atoms with E-state index in [0.717, 1.165) is 16.8 Å². The Balaban J connectivity index is 1.99. The van der Waals surface area contributed by atoms with Gasteiger partial charge in [-0.3, -0.25) is 19.7 Å². The quantitative estimate of drug-likeness (QED) is 0.563. The minimum absolute atomic E-state index is 0.422. The number of nitrogens with zero attached hydrogens (tertiary/aromatic N) is 4. The van der Waals surface area contributed by atoms with Crippen LogP contribution in [0.2, 0.25) is 5.02 Å². The first kappa shape index (κ1) is 21.8. The van der Waals surface area contributed by atoms with Crippen LogP contribution in [0.3, 0.4) is 0 Å². The highest BCUT2D eigenvalue weighted by Crippen LogP contribution is 2.33. The number of aromatic nitrogens is 4. The lowest BCUT2D eigenvalue weighted by Crippen LogP contribution is -2.42. The number of nitrogens with one attached hydrogen (secondary N) is 2. The first-order chi connectivity index (χ1) is 14.4. The van der Waals surface area contributed by atoms with Gasteiger partial charge in [-0.15, -0.1) is 10.2 Å². The number of halogens is 1. The third kappa shape index (κ3) is 4.80. The van der Waals surface area contributed by atoms with Gasteiger partial charge in [-0.1, -0.05) is 29.4 Å². The van der Waals surface area contributed by atoms with Crippen LogP contribution in [0.15, 0.2) is 47.9 Å². The van der Waals surface area contributed by atoms with Gasteiger partial charge in [0.05, 0.1) is 10.9 Å². The van der Waals surface area contributed by atoms with E-state index in [9.17, 15) is 9.59 Å². The molecule has 1 atom stereocenters. The molecule has 10 heteroatoms. The molecule has 156 valence electrons. The molecule has 3 aromatic rings. The Bertz CT molecular complexity index is 1060. The van der Waals surface area contributed by atoms with E-state index in [0.29, 0.717) is 22.5 Å². The Morgan fingerprint density at radius 3 is 2.63 bits per heavy atom. The van der Waals surface area contributed by atoms with Crippen LogP contribution in [0.4, 0.5) is 4.79 Å². The summed E-state index contributed by atoms with van der Waals surface area (Å²) in [6, 6.07) is 8.71. The largest absolute Gasteiger partial charge is 0.338 e. The molecule has 0 saturated carbocycles. The number of imide groups is 1. The second kappa shape index (κ2) is 9.73. The zero-order valence-electron chi connectivity index (χ0n) is 16.7. The van der Waals surface area contributed by atoms with Crippen molar-refractivity contribution in [2.24, 2.45) is 0 Å². The lowest BCUT2D eigenvalue weighted by atomic mass is 10.2. The Hall–Kier alpha value is -2.91. The average Bonchev–Trinajstić information content (AvgIpc) is 3.14. The summed E-state index contributed by atoms with van der Waals surface area (Å²) in [4.78, 5) is 28.1. The van der Waals surface area contributed by atoms with Crippen molar-refractivity contribution in [3.8, 4) is 17.1 Å². The number of hydrogen-bond donors (Lipinski definition) is 2. The molecule has 1 aromatic carbocycles. The first-order valence-electron chi connectivity index (χ1n) is 9.29. The van der Waals surface area contributed by atoms with Crippen molar-refractivity contribution in [2.45, 2.75) is 31.2 Å². The van der Waals surface area contributed by atoms with Gasteiger partial charge < -0.3 is 5.32 Å². The molecular weight excluding hydrogens is 424 g/mol. The van der Waals surface area contributed by atoms with Gasteiger partial charge in [0.1, 0.15) is 0 Å². The molecule has 2 N–H and O–H groups in total. The van der Waals surface area contributed by atoms with Crippen LogP contribution in [0.25, 0.3) is 17.1 Å². The average molecular weight is 445 g/mol. The van der Waals surface area contributed by atoms with Gasteiger partial charge in [0.2, 0.25) is 5.91 Å². The van der Waals surface area contributed by atoms with E-state index in [1.165, 1.54) is 11.8 Å². The molecule has 0 aliphatic rings. The number of carbonyl (C=O) groups excluding carboxylic acids is 2. The molecule has 8 nitrogen and oxygen atoms in total. The van der Waals surface area contributed by atoms with Crippen LogP contribution >= 0.6 is 23.4 Å². The molecule has 3 amide bonds. The highest BCUT2D eigenvalue weighted by Gasteiger charge is 2.23. The van der Waals surface area contributed by atoms with Crippen LogP contribution < -0.4 is 10.6 Å². The van der Waals surface area contributed by atoms with Gasteiger partial charge in [0.25, 0.3) is 0 Å². The molecule has 0 spiro atoms. The third-order valence-electron chi connectivity index (χ3n) is 4.28. The van der Waals surface area contributed by atoms with Gasteiger partial charge >= 0.3 is 6.03 Å². The van der Waals surface area contributed by atoms with E-state index >= 15 is 0 Å². The van der Waals surface area contributed by atoms with E-state index in [4.69, 9.17) is 11.6 Å². The summed E-state index contributed by atoms with van der Waals surface area (Å²) in [7, 11) is 0. The fourth-order valence-electron chi connectivity index (χ4n) is 2.72. The molecule has 0 radical (unpaired) electrons. The number of benzene rings is 1. The molecule has 0 fully saturated rings. The summed E-state index contributed by atoms with van der Waals surface area (Å²) >= 11 is 7.55. The normalized spacial score (nSPS) is 11.7. The third-order valence-corrected chi connectivity index (χ3v) is 5.73. The van der Waals surface area contributed by atoms with Gasteiger partial charge in [-0.2, -0.15) is 0 Å². The summed E-state index contributed by atoms with van der Waals surface area (Å²) in [5, 5.41) is 14.0. The number of urea groups is 1. The maximum Gasteiger partial charge on any atom is 0.321 e. The maximum absolute atomic E-state index is 12.4. The molecule has 2 heterocycles. The van der Waals surface area contributed by atoms with Crippen molar-refractivity contribution in [3.63, 3.8) is 0 Å². The van der Waals surface area contributed by atoms with Gasteiger partial charge in [-0.25, -0.2) is 4.79 Å². The lowest BCUT2D eigenvalue weighted by molar-refractivity contribution is -0.119. The van der Waals surface area contributed by atoms with Crippen LogP contribution in [-0.4, -0.2) is 43.5 Å². The monoisotopic (exact) mass is 444 g/mol. The SMILES string of the molecule is CCNC(=O)NC(=O)[C@@H](C)Sc1nnc(-c2ccncc2)n1-c1cccc(Cl)c1C. The fourth-order valence-corrected chi connectivity index (χ4v) is 3.75. The van der Waals surface area contributed by atoms with Crippen molar-refractivity contribution in [1.82, 2.24) is 30.4 Å². The van der Waals surface area contributed by atoms with Crippen molar-refractivity contribution in [3.05, 3.63) is 53.3 Å². The molecular formula is C20H21ClN6O2S. The Morgan fingerprint density at radius 2 is 1.93 bits per heavy atom. The summed E-state index contributed by atoms with van der Waals surface area (Å²) in [6.07, 6.45) is 3.35. The highest BCUT2D eigenvalue weighted by atomic mass is 35.5. The van der Waals surface area contributed by atoms with Crippen molar-refractivity contribution < 1.29 is 9.59 Å². The standard InChI is InChI=1S/C20H21ClN6O2S/c1-4-23-19(29)24-18(28)13(3)30-20-26-25-17(14-8-10-22-11-9-14)27(20)16-7-5-6-15(21)12(16)2/h5-11,13H,4H2,1-3H3,(H2,23,24,28,29)/t13-/m1/s1. The number of amides is 3. The van der Waals surface area contributed by atoms with E-state index in [1.807, 2.05) is 41.8 Å². The Labute approximate surface area is 183 Å². The van der Waals surface area contributed by atoms with Crippen molar-refractivity contribution in [2.75, 3.05) is 6.54 Å². The van der Waals surface area contributed by atoms with Gasteiger partial charge in [-0.05, 0) is 50.6 Å². The lowest BCUT2D eigenvalue weighted by Gasteiger charge is -2.15. The van der Waals surface area contributed by atoms with E-state index < -0.39 is 17.2 Å². The zero-order valence-corrected chi connectivity index (χ0v) is 18.3. The molecule has 0 unspecified atom stereocenters. The Morgan fingerprint density at radius 1 is 1.20 bits per heavy atom. The summed E-state index contributed by atoms with van der Waals surface area (Å²) < 4.78 is 1.86. The van der Waals surface area contributed by atoms with Crippen LogP contribution in [-0.2, 0) is 4.79 Å². The summed E-state index contributed by atoms with van der Waals surface area (Å²) in [5.74, 6) is 0.176. The zero-order chi connectivity index (χ0) is 21.7. The maximum atomic E-state index is 12.4. The smallest absolute Gasteiger partial charge is 0.321 e. The summed E-state index contributed by atoms with van der Waals surface area (Å²) in [6.45, 7) is 5.82. The number of pyridine rings is 1. The summed E-state index contributed by atoms with van der Waals surface area (Å²) in [5.41, 5.74) is 2.48. The number of rotatable bonds is 6. The van der Waals surface area contributed by atoms with Crippen molar-refractivity contribution in [1.29, 1.82) is 0 Å². The van der Waals surface area contributed by atoms with Crippen LogP contribution in [0.1, 0.15) is 19.4 Å². The molecule has 3 rings (SSSR count). The molecule has 0 bridgehead atoms. The van der Waals surface area contributed by atoms with Crippen LogP contribution in [0.5, 0.6) is 0 Å². The molecule has 0 saturated heterocycles. The van der Waals surface area contributed by atoms with Gasteiger partial charge in [0.15, 0.2) is 11.0 Å². The minimum atomic E-state index is -0.583. The van der Waals surface area contributed by atoms with Crippen molar-refractivity contribution >= 4 is 35.3 Å². The molecule has 0 aliphatic heterocycles. The predicted octanol–water partition coefficient (Wildman–Crippen LogP) is 3.62. The molecule has 2 aromatic heterocycles. The number of thioether (sulfide) groups is 1. The Kier molecular flexibility index (Phi) is 7.07. The predicted molar refractivity (Wildman–Crippen MR) is 117 cm³/mol. The topological polar surface area (TPSA) is 102 Å². The number of carbonyl (C=O) groups is 2. The second-order valence-corrected chi connectivity index (χ2v) is 8.09. The fraction of sp³-hybridized carbons (Fsp3) is 0.250. The minimum Gasteiger partial charge on any atom is -0.338 e. The van der Waals surface area contributed by atoms with E-state index in [-0.39, 0.29) is 0 Å². The first-order valence-corrected chi connectivity index (χ1v) is 10.5. The molecule has 0 aliphatic carbocycles. The van der Waals surface area contributed by atoms with Gasteiger partial charge in [0, 0.05) is 29.5 Å². The highest BCUT2D eigenvalue weighted by molar-refractivity contribution is 8.00. The van der Waals surface area contributed by atoms with Crippen LogP contribution in [0, 0.1) is 6.92 Å². The molecule has 30 heavy (non-hydrogen) atoms. The van der Waals surface area contributed by atoms with E-state index in [1.54, 1.807) is 26.2 Å².